The maximum Gasteiger partial charge on any atom is 0.303 e. The van der Waals surface area contributed by atoms with Crippen LogP contribution in [0.3, 0.4) is 0 Å². The Bertz CT molecular complexity index is 1910. The number of ketones is 1. The Balaban J connectivity index is 1.81. The minimum absolute atomic E-state index is 0.114. The first-order chi connectivity index (χ1) is 28.4. The van der Waals surface area contributed by atoms with Gasteiger partial charge in [-0.15, -0.1) is 0 Å². The highest BCUT2D eigenvalue weighted by molar-refractivity contribution is 6.06. The zero-order valence-electron chi connectivity index (χ0n) is 33.8. The minimum Gasteiger partial charge on any atom is -0.463 e. The van der Waals surface area contributed by atoms with Crippen molar-refractivity contribution in [3.05, 3.63) is 71.8 Å². The molecule has 4 rings (SSSR count). The molecule has 2 aromatic rings. The summed E-state index contributed by atoms with van der Waals surface area (Å²) in [6, 6.07) is 14.9. The molecule has 2 saturated heterocycles. The van der Waals surface area contributed by atoms with E-state index < -0.39 is 116 Å². The molecular formula is C41H46O19. The quantitative estimate of drug-likeness (QED) is 0.102. The van der Waals surface area contributed by atoms with Gasteiger partial charge < -0.3 is 52.1 Å². The fourth-order valence-corrected chi connectivity index (χ4v) is 6.28. The summed E-state index contributed by atoms with van der Waals surface area (Å²) >= 11 is 0. The molecule has 0 saturated carbocycles. The molecular weight excluding hydrogens is 796 g/mol. The summed E-state index contributed by atoms with van der Waals surface area (Å²) in [6.45, 7) is 6.21. The maximum absolute atomic E-state index is 12.9. The largest absolute Gasteiger partial charge is 0.463 e. The molecule has 0 radical (unpaired) electrons. The number of hydrogen-bond donors (Lipinski definition) is 0. The van der Waals surface area contributed by atoms with Crippen LogP contribution in [0.15, 0.2) is 60.7 Å². The second kappa shape index (κ2) is 21.7. The van der Waals surface area contributed by atoms with Gasteiger partial charge in [0.05, 0.1) is 0 Å². The highest BCUT2D eigenvalue weighted by Gasteiger charge is 2.58. The summed E-state index contributed by atoms with van der Waals surface area (Å²) in [5.41, 5.74) is 0.807. The third-order valence-electron chi connectivity index (χ3n) is 8.52. The average molecular weight is 843 g/mol. The molecule has 10 atom stereocenters. The van der Waals surface area contributed by atoms with Crippen LogP contribution in [-0.4, -0.2) is 122 Å². The Kier molecular flexibility index (Phi) is 16.8. The monoisotopic (exact) mass is 842 g/mol. The molecule has 0 bridgehead atoms. The van der Waals surface area contributed by atoms with E-state index in [9.17, 15) is 38.4 Å². The van der Waals surface area contributed by atoms with Crippen molar-refractivity contribution in [1.82, 2.24) is 0 Å². The van der Waals surface area contributed by atoms with Crippen molar-refractivity contribution in [2.24, 2.45) is 0 Å². The zero-order valence-corrected chi connectivity index (χ0v) is 33.8. The van der Waals surface area contributed by atoms with Crippen LogP contribution in [0.4, 0.5) is 0 Å². The third kappa shape index (κ3) is 13.4. The van der Waals surface area contributed by atoms with E-state index in [0.717, 1.165) is 48.5 Å². The smallest absolute Gasteiger partial charge is 0.303 e. The SMILES string of the molecule is CC(=O)OC[C@H]1O[C@@H](O[C@H]2[C@H](OC(C)=O)[C@@H](OC(C)=O)[C@H](Oc3ccccc3/C=C/C(=O)c3ccccc3)O[C@@H]2COC(C)=O)[C@H](OC(C)=O)[C@@H](OC(C)=O)[C@@H]1OC(C)=O. The van der Waals surface area contributed by atoms with E-state index in [0.29, 0.717) is 11.1 Å². The Morgan fingerprint density at radius 2 is 0.933 bits per heavy atom. The predicted octanol–water partition coefficient (Wildman–Crippen LogP) is 2.58. The lowest BCUT2D eigenvalue weighted by Crippen LogP contribution is -2.67. The van der Waals surface area contributed by atoms with Crippen molar-refractivity contribution < 1.29 is 90.5 Å². The molecule has 2 fully saturated rings. The predicted molar refractivity (Wildman–Crippen MR) is 200 cm³/mol. The zero-order chi connectivity index (χ0) is 44.1. The van der Waals surface area contributed by atoms with Gasteiger partial charge in [0.25, 0.3) is 0 Å². The third-order valence-corrected chi connectivity index (χ3v) is 8.52. The van der Waals surface area contributed by atoms with Gasteiger partial charge >= 0.3 is 41.8 Å². The number of hydrogen-bond acceptors (Lipinski definition) is 19. The molecule has 19 heteroatoms. The Morgan fingerprint density at radius 1 is 0.500 bits per heavy atom. The first-order valence-corrected chi connectivity index (χ1v) is 18.6. The number of allylic oxidation sites excluding steroid dienone is 1. The van der Waals surface area contributed by atoms with E-state index >= 15 is 0 Å². The molecule has 0 amide bonds. The first-order valence-electron chi connectivity index (χ1n) is 18.6. The summed E-state index contributed by atoms with van der Waals surface area (Å²) < 4.78 is 63.4. The lowest BCUT2D eigenvalue weighted by molar-refractivity contribution is -0.354. The van der Waals surface area contributed by atoms with Crippen LogP contribution in [0.1, 0.15) is 64.4 Å². The summed E-state index contributed by atoms with van der Waals surface area (Å²) in [5, 5.41) is 0. The van der Waals surface area contributed by atoms with Crippen molar-refractivity contribution in [1.29, 1.82) is 0 Å². The van der Waals surface area contributed by atoms with Gasteiger partial charge in [0, 0.05) is 59.6 Å². The van der Waals surface area contributed by atoms with Crippen LogP contribution >= 0.6 is 0 Å². The van der Waals surface area contributed by atoms with Gasteiger partial charge in [0.15, 0.2) is 36.5 Å². The molecule has 324 valence electrons. The van der Waals surface area contributed by atoms with Gasteiger partial charge in [-0.3, -0.25) is 38.4 Å². The highest BCUT2D eigenvalue weighted by Crippen LogP contribution is 2.36. The van der Waals surface area contributed by atoms with Crippen molar-refractivity contribution in [2.45, 2.75) is 110 Å². The molecule has 19 nitrogen and oxygen atoms in total. The minimum atomic E-state index is -1.85. The molecule has 0 aromatic heterocycles. The van der Waals surface area contributed by atoms with Crippen LogP contribution in [0.2, 0.25) is 0 Å². The average Bonchev–Trinajstić information content (AvgIpc) is 3.16. The highest BCUT2D eigenvalue weighted by atomic mass is 16.8. The maximum atomic E-state index is 12.9. The molecule has 2 aromatic carbocycles. The lowest BCUT2D eigenvalue weighted by atomic mass is 9.96. The molecule has 2 aliphatic rings. The first kappa shape index (κ1) is 46.5. The molecule has 0 unspecified atom stereocenters. The van der Waals surface area contributed by atoms with Crippen LogP contribution in [0.5, 0.6) is 5.75 Å². The standard InChI is InChI=1S/C41H46O19/c1-21(42)50-19-32-34(52-23(3)44)36(53-24(4)45)39(56-27(7)48)41(59-32)60-35-33(20-51-22(2)43)58-40(38(55-26(6)47)37(35)54-25(5)46)57-31-16-12-11-15-29(31)17-18-30(49)28-13-9-8-10-14-28/h8-18,32-41H,19-20H2,1-7H3/b18-17+/t32-,33-,34-,35-,36+,37+,38-,39-,40-,41+/m1/s1. The molecule has 60 heavy (non-hydrogen) atoms. The van der Waals surface area contributed by atoms with E-state index in [-0.39, 0.29) is 11.5 Å². The molecule has 0 N–H and O–H groups in total. The fraction of sp³-hybridized carbons (Fsp3) is 0.463. The van der Waals surface area contributed by atoms with E-state index in [2.05, 4.69) is 0 Å². The number of benzene rings is 2. The Labute approximate surface area is 344 Å². The molecule has 2 heterocycles. The van der Waals surface area contributed by atoms with Gasteiger partial charge in [0.1, 0.15) is 37.3 Å². The second-order valence-electron chi connectivity index (χ2n) is 13.4. The molecule has 2 aliphatic heterocycles. The van der Waals surface area contributed by atoms with E-state index in [1.165, 1.54) is 18.2 Å². The number of rotatable bonds is 16. The van der Waals surface area contributed by atoms with E-state index in [1.807, 2.05) is 0 Å². The van der Waals surface area contributed by atoms with Crippen molar-refractivity contribution in [2.75, 3.05) is 13.2 Å². The van der Waals surface area contributed by atoms with Gasteiger partial charge in [-0.05, 0) is 18.2 Å². The van der Waals surface area contributed by atoms with Crippen molar-refractivity contribution >= 4 is 53.6 Å². The second-order valence-corrected chi connectivity index (χ2v) is 13.4. The number of para-hydroxylation sites is 1. The van der Waals surface area contributed by atoms with Gasteiger partial charge in [0.2, 0.25) is 12.4 Å². The number of esters is 7. The number of ether oxygens (including phenoxy) is 11. The normalized spacial score (nSPS) is 26.1. The van der Waals surface area contributed by atoms with Crippen LogP contribution < -0.4 is 4.74 Å². The van der Waals surface area contributed by atoms with Crippen molar-refractivity contribution in [3.8, 4) is 5.75 Å². The molecule has 0 spiro atoms. The van der Waals surface area contributed by atoms with E-state index in [1.54, 1.807) is 48.5 Å². The Morgan fingerprint density at radius 3 is 1.47 bits per heavy atom. The molecule has 0 aliphatic carbocycles. The fourth-order valence-electron chi connectivity index (χ4n) is 6.28. The number of carbonyl (C=O) groups excluding carboxylic acids is 8. The number of carbonyl (C=O) groups is 8. The summed E-state index contributed by atoms with van der Waals surface area (Å²) in [6.07, 6.45) is -13.5. The summed E-state index contributed by atoms with van der Waals surface area (Å²) in [4.78, 5) is 99.6. The summed E-state index contributed by atoms with van der Waals surface area (Å²) in [7, 11) is 0. The lowest BCUT2D eigenvalue weighted by Gasteiger charge is -2.48. The van der Waals surface area contributed by atoms with Crippen LogP contribution in [0.25, 0.3) is 6.08 Å². The summed E-state index contributed by atoms with van der Waals surface area (Å²) in [5.74, 6) is -6.26. The topological polar surface area (TPSA) is 238 Å². The van der Waals surface area contributed by atoms with Crippen LogP contribution in [0, 0.1) is 0 Å². The van der Waals surface area contributed by atoms with Gasteiger partial charge in [-0.2, -0.15) is 0 Å². The van der Waals surface area contributed by atoms with E-state index in [4.69, 9.17) is 52.1 Å². The van der Waals surface area contributed by atoms with Gasteiger partial charge in [-0.1, -0.05) is 48.5 Å². The Hall–Kier alpha value is -6.18. The van der Waals surface area contributed by atoms with Crippen LogP contribution in [-0.2, 0) is 80.9 Å². The van der Waals surface area contributed by atoms with Gasteiger partial charge in [-0.25, -0.2) is 0 Å². The van der Waals surface area contributed by atoms with Crippen molar-refractivity contribution in [3.63, 3.8) is 0 Å².